The van der Waals surface area contributed by atoms with Gasteiger partial charge in [-0.3, -0.25) is 14.5 Å². The van der Waals surface area contributed by atoms with Gasteiger partial charge in [-0.25, -0.2) is 4.79 Å². The fourth-order valence-electron chi connectivity index (χ4n) is 1.73. The molecular formula is C13H15N3O4. The normalized spacial score (nSPS) is 14.9. The average molecular weight is 277 g/mol. The second-order valence-corrected chi connectivity index (χ2v) is 4.28. The molecule has 0 radical (unpaired) electrons. The minimum absolute atomic E-state index is 0.0184. The van der Waals surface area contributed by atoms with Crippen molar-refractivity contribution >= 4 is 23.9 Å². The fraction of sp³-hybridized carbons (Fsp3) is 0.308. The van der Waals surface area contributed by atoms with E-state index in [0.29, 0.717) is 5.76 Å². The van der Waals surface area contributed by atoms with Crippen LogP contribution in [0.5, 0.6) is 0 Å². The van der Waals surface area contributed by atoms with Crippen LogP contribution >= 0.6 is 0 Å². The largest absolute Gasteiger partial charge is 0.462 e. The van der Waals surface area contributed by atoms with E-state index in [4.69, 9.17) is 4.42 Å². The standard InChI is InChI=1S/C13H15N3O4/c1-9-2-3-10(20-9)4-5-11(17)14-6-7-16-12(18)8-15-13(16)19/h2-5H,6-8H2,1H3,(H,14,17)(H,15,19)/b5-4+. The Morgan fingerprint density at radius 1 is 1.50 bits per heavy atom. The first-order valence-electron chi connectivity index (χ1n) is 6.17. The third kappa shape index (κ3) is 3.47. The summed E-state index contributed by atoms with van der Waals surface area (Å²) in [5, 5.41) is 4.99. The molecule has 2 heterocycles. The van der Waals surface area contributed by atoms with E-state index < -0.39 is 6.03 Å². The average Bonchev–Trinajstić information content (AvgIpc) is 2.96. The van der Waals surface area contributed by atoms with Crippen LogP contribution in [0.1, 0.15) is 11.5 Å². The Morgan fingerprint density at radius 3 is 2.90 bits per heavy atom. The molecule has 0 unspecified atom stereocenters. The lowest BCUT2D eigenvalue weighted by Gasteiger charge is -2.11. The molecule has 0 saturated carbocycles. The Bertz CT molecular complexity index is 546. The van der Waals surface area contributed by atoms with Crippen LogP contribution in [0.2, 0.25) is 0 Å². The number of hydrogen-bond acceptors (Lipinski definition) is 4. The van der Waals surface area contributed by atoms with E-state index in [-0.39, 0.29) is 31.4 Å². The van der Waals surface area contributed by atoms with Crippen LogP contribution in [0.15, 0.2) is 22.6 Å². The van der Waals surface area contributed by atoms with Crippen LogP contribution in [0, 0.1) is 6.92 Å². The molecule has 1 aromatic rings. The monoisotopic (exact) mass is 277 g/mol. The second kappa shape index (κ2) is 6.05. The number of rotatable bonds is 5. The van der Waals surface area contributed by atoms with Crippen LogP contribution in [0.3, 0.4) is 0 Å². The minimum atomic E-state index is -0.425. The number of furan rings is 1. The summed E-state index contributed by atoms with van der Waals surface area (Å²) in [5.41, 5.74) is 0. The zero-order valence-corrected chi connectivity index (χ0v) is 11.0. The van der Waals surface area contributed by atoms with Gasteiger partial charge < -0.3 is 15.1 Å². The summed E-state index contributed by atoms with van der Waals surface area (Å²) in [4.78, 5) is 35.1. The number of nitrogens with zero attached hydrogens (tertiary/aromatic N) is 1. The van der Waals surface area contributed by atoms with Gasteiger partial charge in [0.1, 0.15) is 11.5 Å². The molecule has 0 bridgehead atoms. The highest BCUT2D eigenvalue weighted by atomic mass is 16.3. The van der Waals surface area contributed by atoms with Gasteiger partial charge in [-0.15, -0.1) is 0 Å². The molecule has 1 aromatic heterocycles. The van der Waals surface area contributed by atoms with Gasteiger partial charge in [-0.1, -0.05) is 0 Å². The van der Waals surface area contributed by atoms with Crippen molar-refractivity contribution in [3.63, 3.8) is 0 Å². The van der Waals surface area contributed by atoms with Crippen molar-refractivity contribution in [3.05, 3.63) is 29.7 Å². The Balaban J connectivity index is 1.74. The van der Waals surface area contributed by atoms with Gasteiger partial charge in [-0.2, -0.15) is 0 Å². The molecule has 1 saturated heterocycles. The van der Waals surface area contributed by atoms with Gasteiger partial charge in [0, 0.05) is 19.2 Å². The van der Waals surface area contributed by atoms with Gasteiger partial charge in [-0.05, 0) is 25.1 Å². The molecule has 7 nitrogen and oxygen atoms in total. The molecule has 2 rings (SSSR count). The highest BCUT2D eigenvalue weighted by molar-refractivity contribution is 6.02. The van der Waals surface area contributed by atoms with Crippen molar-refractivity contribution in [1.82, 2.24) is 15.5 Å². The molecular weight excluding hydrogens is 262 g/mol. The van der Waals surface area contributed by atoms with Gasteiger partial charge in [0.15, 0.2) is 0 Å². The lowest BCUT2D eigenvalue weighted by molar-refractivity contribution is -0.125. The Hall–Kier alpha value is -2.57. The molecule has 0 aliphatic carbocycles. The quantitative estimate of drug-likeness (QED) is 0.597. The van der Waals surface area contributed by atoms with Gasteiger partial charge in [0.25, 0.3) is 0 Å². The van der Waals surface area contributed by atoms with Crippen LogP contribution in [-0.4, -0.2) is 42.4 Å². The lowest BCUT2D eigenvalue weighted by Crippen LogP contribution is -2.38. The maximum atomic E-state index is 11.5. The van der Waals surface area contributed by atoms with Crippen molar-refractivity contribution in [3.8, 4) is 0 Å². The first kappa shape index (κ1) is 13.9. The Kier molecular flexibility index (Phi) is 4.19. The summed E-state index contributed by atoms with van der Waals surface area (Å²) in [6, 6.07) is 3.13. The molecule has 7 heteroatoms. The first-order chi connectivity index (χ1) is 9.56. The molecule has 0 aromatic carbocycles. The highest BCUT2D eigenvalue weighted by Crippen LogP contribution is 2.07. The number of amides is 4. The second-order valence-electron chi connectivity index (χ2n) is 4.28. The number of nitrogens with one attached hydrogen (secondary N) is 2. The Labute approximate surface area is 115 Å². The summed E-state index contributed by atoms with van der Waals surface area (Å²) in [7, 11) is 0. The van der Waals surface area contributed by atoms with Crippen LogP contribution in [0.4, 0.5) is 4.79 Å². The summed E-state index contributed by atoms with van der Waals surface area (Å²) in [5.74, 6) is 0.757. The van der Waals surface area contributed by atoms with Crippen molar-refractivity contribution < 1.29 is 18.8 Å². The van der Waals surface area contributed by atoms with E-state index in [2.05, 4.69) is 10.6 Å². The maximum Gasteiger partial charge on any atom is 0.324 e. The SMILES string of the molecule is Cc1ccc(/C=C/C(=O)NCCN2C(=O)CNC2=O)o1. The van der Waals surface area contributed by atoms with Crippen molar-refractivity contribution in [2.24, 2.45) is 0 Å². The molecule has 0 spiro atoms. The first-order valence-corrected chi connectivity index (χ1v) is 6.17. The van der Waals surface area contributed by atoms with Crippen LogP contribution < -0.4 is 10.6 Å². The van der Waals surface area contributed by atoms with E-state index in [1.54, 1.807) is 18.2 Å². The lowest BCUT2D eigenvalue weighted by atomic mass is 10.4. The molecule has 2 N–H and O–H groups in total. The summed E-state index contributed by atoms with van der Waals surface area (Å²) >= 11 is 0. The zero-order valence-electron chi connectivity index (χ0n) is 11.0. The number of urea groups is 1. The summed E-state index contributed by atoms with van der Waals surface area (Å²) in [6.07, 6.45) is 2.89. The molecule has 4 amide bonds. The molecule has 1 aliphatic rings. The number of carbonyl (C=O) groups excluding carboxylic acids is 3. The number of hydrogen-bond donors (Lipinski definition) is 2. The van der Waals surface area contributed by atoms with E-state index in [1.807, 2.05) is 6.92 Å². The van der Waals surface area contributed by atoms with Crippen LogP contribution in [0.25, 0.3) is 6.08 Å². The van der Waals surface area contributed by atoms with E-state index in [9.17, 15) is 14.4 Å². The van der Waals surface area contributed by atoms with Crippen molar-refractivity contribution in [1.29, 1.82) is 0 Å². The molecule has 1 fully saturated rings. The van der Waals surface area contributed by atoms with E-state index in [0.717, 1.165) is 10.7 Å². The smallest absolute Gasteiger partial charge is 0.324 e. The predicted molar refractivity (Wildman–Crippen MR) is 70.6 cm³/mol. The third-order valence-electron chi connectivity index (χ3n) is 2.73. The number of imide groups is 1. The predicted octanol–water partition coefficient (Wildman–Crippen LogP) is 0.269. The molecule has 0 atom stereocenters. The number of aryl methyl sites for hydroxylation is 1. The highest BCUT2D eigenvalue weighted by Gasteiger charge is 2.27. The van der Waals surface area contributed by atoms with E-state index in [1.165, 1.54) is 6.08 Å². The molecule has 20 heavy (non-hydrogen) atoms. The van der Waals surface area contributed by atoms with E-state index >= 15 is 0 Å². The minimum Gasteiger partial charge on any atom is -0.462 e. The number of carbonyl (C=O) groups is 3. The van der Waals surface area contributed by atoms with Crippen LogP contribution in [-0.2, 0) is 9.59 Å². The zero-order chi connectivity index (χ0) is 14.5. The van der Waals surface area contributed by atoms with Crippen molar-refractivity contribution in [2.75, 3.05) is 19.6 Å². The topological polar surface area (TPSA) is 91.7 Å². The summed E-state index contributed by atoms with van der Waals surface area (Å²) < 4.78 is 5.28. The molecule has 106 valence electrons. The fourth-order valence-corrected chi connectivity index (χ4v) is 1.73. The van der Waals surface area contributed by atoms with Gasteiger partial charge in [0.2, 0.25) is 11.8 Å². The van der Waals surface area contributed by atoms with Gasteiger partial charge >= 0.3 is 6.03 Å². The maximum absolute atomic E-state index is 11.5. The van der Waals surface area contributed by atoms with Crippen molar-refractivity contribution in [2.45, 2.75) is 6.92 Å². The van der Waals surface area contributed by atoms with Gasteiger partial charge in [0.05, 0.1) is 6.54 Å². The summed E-state index contributed by atoms with van der Waals surface area (Å²) in [6.45, 7) is 2.20. The molecule has 1 aliphatic heterocycles. The third-order valence-corrected chi connectivity index (χ3v) is 2.73. The Morgan fingerprint density at radius 2 is 2.30 bits per heavy atom.